The van der Waals surface area contributed by atoms with E-state index in [9.17, 15) is 24.1 Å². The van der Waals surface area contributed by atoms with Crippen molar-refractivity contribution >= 4 is 17.6 Å². The molecular formula is C13H15FN2O5. The second kappa shape index (κ2) is 6.78. The number of carbonyl (C=O) groups excluding carboxylic acids is 1. The first-order chi connectivity index (χ1) is 9.76. The molecule has 0 saturated heterocycles. The summed E-state index contributed by atoms with van der Waals surface area (Å²) < 4.78 is 13.3. The maximum atomic E-state index is 13.3. The van der Waals surface area contributed by atoms with Gasteiger partial charge >= 0.3 is 5.97 Å². The minimum absolute atomic E-state index is 0.0605. The second-order valence-corrected chi connectivity index (χ2v) is 4.54. The van der Waals surface area contributed by atoms with Crippen LogP contribution in [-0.4, -0.2) is 39.9 Å². The van der Waals surface area contributed by atoms with E-state index in [1.54, 1.807) is 6.92 Å². The number of nitro benzene ring substituents is 1. The molecule has 7 nitrogen and oxygen atoms in total. The summed E-state index contributed by atoms with van der Waals surface area (Å²) in [5.41, 5.74) is -0.707. The third-order valence-corrected chi connectivity index (χ3v) is 2.93. The number of carboxylic acid groups (broad SMARTS) is 1. The quantitative estimate of drug-likeness (QED) is 0.638. The molecule has 0 saturated carbocycles. The van der Waals surface area contributed by atoms with Crippen LogP contribution in [0.2, 0.25) is 0 Å². The maximum absolute atomic E-state index is 13.3. The van der Waals surface area contributed by atoms with Crippen LogP contribution in [-0.2, 0) is 4.79 Å². The predicted octanol–water partition coefficient (Wildman–Crippen LogP) is 1.92. The Morgan fingerprint density at radius 1 is 1.43 bits per heavy atom. The number of nitrogens with zero attached hydrogens (tertiary/aromatic N) is 2. The molecule has 8 heteroatoms. The Bertz CT molecular complexity index is 576. The number of carbonyl (C=O) groups is 2. The van der Waals surface area contributed by atoms with Gasteiger partial charge in [0.2, 0.25) is 0 Å². The molecular weight excluding hydrogens is 283 g/mol. The van der Waals surface area contributed by atoms with Gasteiger partial charge in [-0.15, -0.1) is 0 Å². The Hall–Kier alpha value is -2.51. The van der Waals surface area contributed by atoms with Gasteiger partial charge in [0, 0.05) is 24.7 Å². The standard InChI is InChI=1S/C13H15FN2O5/c1-3-15(7-8(2)13(18)19)12(17)9-4-10(14)6-11(5-9)16(20)21/h4-6,8H,3,7H2,1-2H3,(H,18,19). The number of benzene rings is 1. The van der Waals surface area contributed by atoms with E-state index in [0.717, 1.165) is 12.1 Å². The lowest BCUT2D eigenvalue weighted by Gasteiger charge is -2.22. The zero-order valence-electron chi connectivity index (χ0n) is 11.6. The first kappa shape index (κ1) is 16.5. The largest absolute Gasteiger partial charge is 0.481 e. The number of nitro groups is 1. The number of amides is 1. The molecule has 0 aliphatic rings. The van der Waals surface area contributed by atoms with E-state index in [1.807, 2.05) is 0 Å². The maximum Gasteiger partial charge on any atom is 0.308 e. The number of carboxylic acids is 1. The van der Waals surface area contributed by atoms with Crippen LogP contribution >= 0.6 is 0 Å². The summed E-state index contributed by atoms with van der Waals surface area (Å²) in [5.74, 6) is -3.40. The van der Waals surface area contributed by atoms with Crippen molar-refractivity contribution in [1.29, 1.82) is 0 Å². The van der Waals surface area contributed by atoms with Crippen molar-refractivity contribution in [1.82, 2.24) is 4.90 Å². The lowest BCUT2D eigenvalue weighted by atomic mass is 10.1. The topological polar surface area (TPSA) is 101 Å². The zero-order chi connectivity index (χ0) is 16.2. The first-order valence-electron chi connectivity index (χ1n) is 6.23. The number of hydrogen-bond donors (Lipinski definition) is 1. The molecule has 0 spiro atoms. The van der Waals surface area contributed by atoms with Gasteiger partial charge in [-0.2, -0.15) is 0 Å². The molecule has 1 amide bonds. The minimum Gasteiger partial charge on any atom is -0.481 e. The van der Waals surface area contributed by atoms with E-state index in [0.29, 0.717) is 6.07 Å². The molecule has 1 rings (SSSR count). The monoisotopic (exact) mass is 298 g/mol. The molecule has 21 heavy (non-hydrogen) atoms. The third-order valence-electron chi connectivity index (χ3n) is 2.93. The Morgan fingerprint density at radius 3 is 2.52 bits per heavy atom. The van der Waals surface area contributed by atoms with Crippen molar-refractivity contribution < 1.29 is 24.0 Å². The highest BCUT2D eigenvalue weighted by atomic mass is 19.1. The molecule has 0 heterocycles. The SMILES string of the molecule is CCN(CC(C)C(=O)O)C(=O)c1cc(F)cc([N+](=O)[O-])c1. The predicted molar refractivity (Wildman–Crippen MR) is 71.4 cm³/mol. The lowest BCUT2D eigenvalue weighted by Crippen LogP contribution is -2.36. The van der Waals surface area contributed by atoms with E-state index in [2.05, 4.69) is 0 Å². The first-order valence-corrected chi connectivity index (χ1v) is 6.23. The van der Waals surface area contributed by atoms with E-state index in [4.69, 9.17) is 5.11 Å². The highest BCUT2D eigenvalue weighted by Gasteiger charge is 2.22. The van der Waals surface area contributed by atoms with Crippen LogP contribution in [0.15, 0.2) is 18.2 Å². The second-order valence-electron chi connectivity index (χ2n) is 4.54. The van der Waals surface area contributed by atoms with Gasteiger partial charge in [0.05, 0.1) is 16.9 Å². The average molecular weight is 298 g/mol. The van der Waals surface area contributed by atoms with Crippen LogP contribution in [0.3, 0.4) is 0 Å². The zero-order valence-corrected chi connectivity index (χ0v) is 11.6. The number of non-ortho nitro benzene ring substituents is 1. The molecule has 1 N–H and O–H groups in total. The van der Waals surface area contributed by atoms with Crippen molar-refractivity contribution in [2.45, 2.75) is 13.8 Å². The molecule has 1 aromatic carbocycles. The summed E-state index contributed by atoms with van der Waals surface area (Å²) in [6.45, 7) is 3.22. The number of hydrogen-bond acceptors (Lipinski definition) is 4. The Balaban J connectivity index is 3.05. The fourth-order valence-corrected chi connectivity index (χ4v) is 1.75. The van der Waals surface area contributed by atoms with E-state index < -0.39 is 34.2 Å². The van der Waals surface area contributed by atoms with Gasteiger partial charge in [-0.3, -0.25) is 19.7 Å². The van der Waals surface area contributed by atoms with Crippen molar-refractivity contribution in [3.05, 3.63) is 39.7 Å². The smallest absolute Gasteiger partial charge is 0.308 e. The van der Waals surface area contributed by atoms with Gasteiger partial charge in [0.25, 0.3) is 11.6 Å². The van der Waals surface area contributed by atoms with Crippen LogP contribution in [0.4, 0.5) is 10.1 Å². The van der Waals surface area contributed by atoms with E-state index >= 15 is 0 Å². The average Bonchev–Trinajstić information content (AvgIpc) is 2.42. The number of rotatable bonds is 6. The van der Waals surface area contributed by atoms with Crippen molar-refractivity contribution in [2.24, 2.45) is 5.92 Å². The Morgan fingerprint density at radius 2 is 2.05 bits per heavy atom. The van der Waals surface area contributed by atoms with E-state index in [-0.39, 0.29) is 18.7 Å². The van der Waals surface area contributed by atoms with Gasteiger partial charge in [-0.25, -0.2) is 4.39 Å². The summed E-state index contributed by atoms with van der Waals surface area (Å²) in [6, 6.07) is 2.58. The van der Waals surface area contributed by atoms with Gasteiger partial charge in [-0.05, 0) is 13.0 Å². The Labute approximate surface area is 120 Å². The molecule has 0 radical (unpaired) electrons. The molecule has 0 aliphatic carbocycles. The van der Waals surface area contributed by atoms with Crippen molar-refractivity contribution in [3.8, 4) is 0 Å². The fourth-order valence-electron chi connectivity index (χ4n) is 1.75. The molecule has 0 aliphatic heterocycles. The van der Waals surface area contributed by atoms with Gasteiger partial charge in [0.1, 0.15) is 5.82 Å². The molecule has 114 valence electrons. The fraction of sp³-hybridized carbons (Fsp3) is 0.385. The molecule has 0 aromatic heterocycles. The van der Waals surface area contributed by atoms with Crippen LogP contribution in [0.25, 0.3) is 0 Å². The third kappa shape index (κ3) is 4.23. The normalized spacial score (nSPS) is 11.8. The van der Waals surface area contributed by atoms with Gasteiger partial charge < -0.3 is 10.0 Å². The van der Waals surface area contributed by atoms with Crippen LogP contribution in [0.5, 0.6) is 0 Å². The van der Waals surface area contributed by atoms with Crippen molar-refractivity contribution in [2.75, 3.05) is 13.1 Å². The molecule has 0 bridgehead atoms. The summed E-state index contributed by atoms with van der Waals surface area (Å²) in [4.78, 5) is 34.1. The molecule has 1 atom stereocenters. The van der Waals surface area contributed by atoms with Crippen molar-refractivity contribution in [3.63, 3.8) is 0 Å². The van der Waals surface area contributed by atoms with E-state index in [1.165, 1.54) is 11.8 Å². The van der Waals surface area contributed by atoms with Crippen LogP contribution in [0.1, 0.15) is 24.2 Å². The molecule has 1 aromatic rings. The lowest BCUT2D eigenvalue weighted by molar-refractivity contribution is -0.385. The van der Waals surface area contributed by atoms with Crippen LogP contribution < -0.4 is 0 Å². The van der Waals surface area contributed by atoms with Gasteiger partial charge in [-0.1, -0.05) is 6.92 Å². The summed E-state index contributed by atoms with van der Waals surface area (Å²) in [6.07, 6.45) is 0. The summed E-state index contributed by atoms with van der Waals surface area (Å²) in [5, 5.41) is 19.5. The van der Waals surface area contributed by atoms with Crippen LogP contribution in [0, 0.1) is 21.8 Å². The Kier molecular flexibility index (Phi) is 5.34. The minimum atomic E-state index is -1.06. The number of halogens is 1. The summed E-state index contributed by atoms with van der Waals surface area (Å²) in [7, 11) is 0. The van der Waals surface area contributed by atoms with Gasteiger partial charge in [0.15, 0.2) is 0 Å². The molecule has 0 fully saturated rings. The highest BCUT2D eigenvalue weighted by molar-refractivity contribution is 5.95. The molecule has 1 unspecified atom stereocenters. The highest BCUT2D eigenvalue weighted by Crippen LogP contribution is 2.18. The summed E-state index contributed by atoms with van der Waals surface area (Å²) >= 11 is 0. The number of aliphatic carboxylic acids is 1.